The molecule has 1 fully saturated rings. The molecular weight excluding hydrogens is 84.9 g/mol. The predicted molar refractivity (Wildman–Crippen MR) is 30.6 cm³/mol. The van der Waals surface area contributed by atoms with Crippen LogP contribution in [0.5, 0.6) is 0 Å². The molecule has 0 radical (unpaired) electrons. The Balaban J connectivity index is 2.33. The van der Waals surface area contributed by atoms with Crippen LogP contribution in [0.1, 0.15) is 12.8 Å². The minimum absolute atomic E-state index is 0.389. The smallest absolute Gasteiger partial charge is 0.107 e. The second-order valence-electron chi connectivity index (χ2n) is 2.29. The maximum absolute atomic E-state index is 8.31. The summed E-state index contributed by atoms with van der Waals surface area (Å²) in [6.45, 7) is 0. The van der Waals surface area contributed by atoms with Gasteiger partial charge >= 0.3 is 0 Å². The zero-order chi connectivity index (χ0) is 5.28. The molecule has 1 rings (SSSR count). The summed E-state index contributed by atoms with van der Waals surface area (Å²) in [5, 5.41) is 8.31. The fourth-order valence-corrected chi connectivity index (χ4v) is 0.858. The zero-order valence-electron chi connectivity index (χ0n) is 4.52. The Kier molecular flexibility index (Phi) is 1.06. The molecule has 0 aliphatic heterocycles. The Labute approximate surface area is 44.7 Å². The lowest BCUT2D eigenvalue weighted by molar-refractivity contribution is 0.398. The Morgan fingerprint density at radius 3 is 2.29 bits per heavy atom. The summed E-state index contributed by atoms with van der Waals surface area (Å²) in [6.07, 6.45) is 2.40. The van der Waals surface area contributed by atoms with Gasteiger partial charge in [-0.3, -0.25) is 0 Å². The number of nitriles is 1. The van der Waals surface area contributed by atoms with E-state index in [1.165, 1.54) is 6.42 Å². The lowest BCUT2D eigenvalue weighted by atomic mass is 9.63. The monoisotopic (exact) mass is 93.1 g/mol. The van der Waals surface area contributed by atoms with Crippen molar-refractivity contribution < 1.29 is 0 Å². The van der Waals surface area contributed by atoms with Gasteiger partial charge in [-0.1, -0.05) is 12.2 Å². The molecule has 0 N–H and O–H groups in total. The summed E-state index contributed by atoms with van der Waals surface area (Å²) in [5.74, 6) is 1.07. The topological polar surface area (TPSA) is 23.8 Å². The van der Waals surface area contributed by atoms with Gasteiger partial charge in [-0.15, -0.1) is 0 Å². The first-order valence-electron chi connectivity index (χ1n) is 2.74. The van der Waals surface area contributed by atoms with Gasteiger partial charge in [0.2, 0.25) is 0 Å². The van der Waals surface area contributed by atoms with Crippen LogP contribution in [-0.4, -0.2) is 7.85 Å². The summed E-state index contributed by atoms with van der Waals surface area (Å²) in [7, 11) is 2.14. The largest absolute Gasteiger partial charge is 0.198 e. The van der Waals surface area contributed by atoms with Crippen molar-refractivity contribution in [2.75, 3.05) is 0 Å². The van der Waals surface area contributed by atoms with E-state index in [1.54, 1.807) is 0 Å². The molecule has 2 atom stereocenters. The standard InChI is InChI=1S/C5H8BN/c6-5-2-1-4(5)3-7/h4-5H,1-2,6H2. The van der Waals surface area contributed by atoms with Gasteiger partial charge in [0.25, 0.3) is 0 Å². The van der Waals surface area contributed by atoms with Crippen LogP contribution in [0, 0.1) is 17.2 Å². The molecule has 0 aromatic rings. The molecular formula is C5H8BN. The molecule has 1 saturated carbocycles. The van der Waals surface area contributed by atoms with Gasteiger partial charge in [0.15, 0.2) is 0 Å². The first kappa shape index (κ1) is 4.71. The van der Waals surface area contributed by atoms with E-state index in [4.69, 9.17) is 5.26 Å². The molecule has 0 saturated heterocycles. The highest BCUT2D eigenvalue weighted by Crippen LogP contribution is 2.35. The average Bonchev–Trinajstić information content (AvgIpc) is 1.65. The molecule has 36 valence electrons. The second-order valence-corrected chi connectivity index (χ2v) is 2.29. The van der Waals surface area contributed by atoms with Gasteiger partial charge in [-0.2, -0.15) is 5.26 Å². The highest BCUT2D eigenvalue weighted by Gasteiger charge is 2.25. The maximum atomic E-state index is 8.31. The van der Waals surface area contributed by atoms with E-state index in [9.17, 15) is 0 Å². The Morgan fingerprint density at radius 1 is 1.57 bits per heavy atom. The molecule has 1 aliphatic carbocycles. The van der Waals surface area contributed by atoms with Crippen molar-refractivity contribution in [3.05, 3.63) is 0 Å². The summed E-state index contributed by atoms with van der Waals surface area (Å²) >= 11 is 0. The van der Waals surface area contributed by atoms with E-state index in [0.717, 1.165) is 6.42 Å². The van der Waals surface area contributed by atoms with Crippen LogP contribution in [0.4, 0.5) is 0 Å². The van der Waals surface area contributed by atoms with Crippen molar-refractivity contribution in [3.63, 3.8) is 0 Å². The molecule has 0 aromatic heterocycles. The normalized spacial score (nSPS) is 38.7. The van der Waals surface area contributed by atoms with Crippen LogP contribution < -0.4 is 0 Å². The first-order valence-corrected chi connectivity index (χ1v) is 2.74. The maximum Gasteiger partial charge on any atom is 0.107 e. The minimum Gasteiger partial charge on any atom is -0.198 e. The van der Waals surface area contributed by atoms with Crippen molar-refractivity contribution >= 4 is 7.85 Å². The van der Waals surface area contributed by atoms with Crippen LogP contribution >= 0.6 is 0 Å². The SMILES string of the molecule is BC1CCC1C#N. The van der Waals surface area contributed by atoms with Gasteiger partial charge < -0.3 is 0 Å². The van der Waals surface area contributed by atoms with Gasteiger partial charge in [0.05, 0.1) is 6.07 Å². The predicted octanol–water partition coefficient (Wildman–Crippen LogP) is 0.342. The number of nitrogens with zero attached hydrogens (tertiary/aromatic N) is 1. The summed E-state index contributed by atoms with van der Waals surface area (Å²) < 4.78 is 0. The van der Waals surface area contributed by atoms with E-state index < -0.39 is 0 Å². The van der Waals surface area contributed by atoms with Crippen molar-refractivity contribution in [3.8, 4) is 6.07 Å². The van der Waals surface area contributed by atoms with E-state index in [-0.39, 0.29) is 0 Å². The molecule has 0 aromatic carbocycles. The van der Waals surface area contributed by atoms with Crippen LogP contribution in [0.3, 0.4) is 0 Å². The van der Waals surface area contributed by atoms with E-state index in [2.05, 4.69) is 13.9 Å². The van der Waals surface area contributed by atoms with Crippen molar-refractivity contribution in [2.24, 2.45) is 5.92 Å². The second kappa shape index (κ2) is 1.57. The Hall–Kier alpha value is -0.445. The molecule has 2 unspecified atom stereocenters. The number of rotatable bonds is 0. The Bertz CT molecular complexity index is 105. The van der Waals surface area contributed by atoms with E-state index in [0.29, 0.717) is 11.7 Å². The molecule has 2 heteroatoms. The van der Waals surface area contributed by atoms with Gasteiger partial charge in [0.1, 0.15) is 7.85 Å². The lowest BCUT2D eigenvalue weighted by Gasteiger charge is -2.27. The third-order valence-electron chi connectivity index (χ3n) is 1.79. The van der Waals surface area contributed by atoms with E-state index >= 15 is 0 Å². The van der Waals surface area contributed by atoms with Crippen LogP contribution in [0.25, 0.3) is 0 Å². The molecule has 0 amide bonds. The Morgan fingerprint density at radius 2 is 2.29 bits per heavy atom. The quantitative estimate of drug-likeness (QED) is 0.396. The lowest BCUT2D eigenvalue weighted by Crippen LogP contribution is -2.18. The molecule has 7 heavy (non-hydrogen) atoms. The zero-order valence-corrected chi connectivity index (χ0v) is 4.52. The summed E-state index contributed by atoms with van der Waals surface area (Å²) in [4.78, 5) is 0. The van der Waals surface area contributed by atoms with Crippen LogP contribution in [0.15, 0.2) is 0 Å². The van der Waals surface area contributed by atoms with Crippen molar-refractivity contribution in [2.45, 2.75) is 18.7 Å². The average molecular weight is 92.9 g/mol. The highest BCUT2D eigenvalue weighted by molar-refractivity contribution is 6.12. The van der Waals surface area contributed by atoms with Crippen LogP contribution in [-0.2, 0) is 0 Å². The molecule has 1 nitrogen and oxygen atoms in total. The fraction of sp³-hybridized carbons (Fsp3) is 0.800. The summed E-state index contributed by atoms with van der Waals surface area (Å²) in [6, 6.07) is 2.25. The number of hydrogen-bond acceptors (Lipinski definition) is 1. The van der Waals surface area contributed by atoms with Crippen molar-refractivity contribution in [1.82, 2.24) is 0 Å². The van der Waals surface area contributed by atoms with Crippen molar-refractivity contribution in [1.29, 1.82) is 5.26 Å². The molecule has 0 bridgehead atoms. The summed E-state index contributed by atoms with van der Waals surface area (Å²) in [5.41, 5.74) is 0. The fourth-order valence-electron chi connectivity index (χ4n) is 0.858. The van der Waals surface area contributed by atoms with Gasteiger partial charge in [-0.05, 0) is 6.42 Å². The van der Waals surface area contributed by atoms with Gasteiger partial charge in [-0.25, -0.2) is 0 Å². The first-order chi connectivity index (χ1) is 3.34. The molecule has 0 heterocycles. The van der Waals surface area contributed by atoms with Gasteiger partial charge in [0, 0.05) is 5.92 Å². The van der Waals surface area contributed by atoms with Crippen LogP contribution in [0.2, 0.25) is 5.82 Å². The molecule has 1 aliphatic rings. The van der Waals surface area contributed by atoms with E-state index in [1.807, 2.05) is 0 Å². The third kappa shape index (κ3) is 0.630. The number of hydrogen-bond donors (Lipinski definition) is 0. The molecule has 0 spiro atoms. The third-order valence-corrected chi connectivity index (χ3v) is 1.79. The highest BCUT2D eigenvalue weighted by atomic mass is 14.3. The minimum atomic E-state index is 0.389.